The number of likely N-dealkylation sites (tertiary alicyclic amines) is 1. The second kappa shape index (κ2) is 10.7. The van der Waals surface area contributed by atoms with Crippen molar-refractivity contribution < 1.29 is 14.7 Å². The number of nitrogens with zero attached hydrogens (tertiary/aromatic N) is 3. The quantitative estimate of drug-likeness (QED) is 0.734. The number of hydrogen-bond donors (Lipinski definition) is 1. The van der Waals surface area contributed by atoms with Crippen molar-refractivity contribution in [3.63, 3.8) is 0 Å². The highest BCUT2D eigenvalue weighted by Crippen LogP contribution is 2.29. The number of piperidine rings is 1. The normalized spacial score (nSPS) is 19.9. The summed E-state index contributed by atoms with van der Waals surface area (Å²) in [6, 6.07) is 21.0. The van der Waals surface area contributed by atoms with Gasteiger partial charge in [-0.1, -0.05) is 60.7 Å². The van der Waals surface area contributed by atoms with Crippen LogP contribution < -0.4 is 0 Å². The van der Waals surface area contributed by atoms with Crippen LogP contribution in [0.1, 0.15) is 42.9 Å². The minimum absolute atomic E-state index is 0.0213. The number of aliphatic hydroxyl groups is 1. The molecule has 4 rings (SSSR count). The van der Waals surface area contributed by atoms with Gasteiger partial charge in [0.1, 0.15) is 0 Å². The van der Waals surface area contributed by atoms with Crippen molar-refractivity contribution in [2.24, 2.45) is 0 Å². The summed E-state index contributed by atoms with van der Waals surface area (Å²) in [5.41, 5.74) is 2.46. The minimum Gasteiger partial charge on any atom is -0.396 e. The van der Waals surface area contributed by atoms with E-state index in [4.69, 9.17) is 0 Å². The number of carbonyl (C=O) groups is 2. The standard InChI is InChI=1S/C26H33N3O3/c30-20-14-23-13-7-8-15-29(23)26(32)25(31)28-18-16-27(17-19-28)24(21-9-3-1-4-10-21)22-11-5-2-6-12-22/h1-6,9-12,23-24,30H,7-8,13-20H2. The van der Waals surface area contributed by atoms with Crippen molar-refractivity contribution in [1.29, 1.82) is 0 Å². The molecule has 6 nitrogen and oxygen atoms in total. The van der Waals surface area contributed by atoms with Crippen molar-refractivity contribution in [1.82, 2.24) is 14.7 Å². The van der Waals surface area contributed by atoms with Crippen molar-refractivity contribution in [2.45, 2.75) is 37.8 Å². The Kier molecular flexibility index (Phi) is 7.55. The maximum Gasteiger partial charge on any atom is 0.312 e. The first kappa shape index (κ1) is 22.5. The third-order valence-electron chi connectivity index (χ3n) is 6.73. The molecule has 6 heteroatoms. The van der Waals surface area contributed by atoms with E-state index in [0.717, 1.165) is 19.3 Å². The van der Waals surface area contributed by atoms with Gasteiger partial charge in [0.05, 0.1) is 6.04 Å². The van der Waals surface area contributed by atoms with Crippen molar-refractivity contribution in [3.05, 3.63) is 71.8 Å². The number of hydrogen-bond acceptors (Lipinski definition) is 4. The van der Waals surface area contributed by atoms with E-state index in [2.05, 4.69) is 53.4 Å². The van der Waals surface area contributed by atoms with E-state index >= 15 is 0 Å². The largest absolute Gasteiger partial charge is 0.396 e. The van der Waals surface area contributed by atoms with Crippen molar-refractivity contribution in [3.8, 4) is 0 Å². The summed E-state index contributed by atoms with van der Waals surface area (Å²) in [7, 11) is 0. The van der Waals surface area contributed by atoms with E-state index in [-0.39, 0.29) is 18.7 Å². The summed E-state index contributed by atoms with van der Waals surface area (Å²) in [6.45, 7) is 3.17. The third-order valence-corrected chi connectivity index (χ3v) is 6.73. The Bertz CT molecular complexity index is 840. The lowest BCUT2D eigenvalue weighted by Crippen LogP contribution is -2.56. The van der Waals surface area contributed by atoms with Crippen LogP contribution in [-0.4, -0.2) is 77.0 Å². The van der Waals surface area contributed by atoms with Gasteiger partial charge in [-0.3, -0.25) is 14.5 Å². The van der Waals surface area contributed by atoms with Gasteiger partial charge in [0.2, 0.25) is 0 Å². The van der Waals surface area contributed by atoms with Crippen LogP contribution >= 0.6 is 0 Å². The average Bonchev–Trinajstić information content (AvgIpc) is 2.86. The lowest BCUT2D eigenvalue weighted by atomic mass is 9.96. The number of aliphatic hydroxyl groups excluding tert-OH is 1. The van der Waals surface area contributed by atoms with Crippen molar-refractivity contribution in [2.75, 3.05) is 39.3 Å². The second-order valence-electron chi connectivity index (χ2n) is 8.71. The second-order valence-corrected chi connectivity index (χ2v) is 8.71. The van der Waals surface area contributed by atoms with E-state index in [0.29, 0.717) is 39.1 Å². The summed E-state index contributed by atoms with van der Waals surface area (Å²) >= 11 is 0. The van der Waals surface area contributed by atoms with Crippen molar-refractivity contribution >= 4 is 11.8 Å². The van der Waals surface area contributed by atoms with Gasteiger partial charge < -0.3 is 14.9 Å². The summed E-state index contributed by atoms with van der Waals surface area (Å²) in [4.78, 5) is 31.8. The molecule has 0 aliphatic carbocycles. The molecule has 2 aliphatic heterocycles. The molecule has 1 N–H and O–H groups in total. The molecule has 2 saturated heterocycles. The fourth-order valence-electron chi connectivity index (χ4n) is 5.04. The Labute approximate surface area is 190 Å². The van der Waals surface area contributed by atoms with E-state index in [1.54, 1.807) is 9.80 Å². The van der Waals surface area contributed by atoms with E-state index in [1.165, 1.54) is 11.1 Å². The Morgan fingerprint density at radius 1 is 0.812 bits per heavy atom. The minimum atomic E-state index is -0.403. The smallest absolute Gasteiger partial charge is 0.312 e. The van der Waals surface area contributed by atoms with Gasteiger partial charge in [-0.2, -0.15) is 0 Å². The molecule has 0 bridgehead atoms. The van der Waals surface area contributed by atoms with Gasteiger partial charge in [-0.05, 0) is 36.8 Å². The Morgan fingerprint density at radius 2 is 1.41 bits per heavy atom. The molecule has 2 heterocycles. The van der Waals surface area contributed by atoms with Crippen LogP contribution in [-0.2, 0) is 9.59 Å². The first-order valence-electron chi connectivity index (χ1n) is 11.7. The average molecular weight is 436 g/mol. The maximum absolute atomic E-state index is 13.0. The molecule has 2 aliphatic rings. The molecule has 2 amide bonds. The first-order chi connectivity index (χ1) is 15.7. The zero-order valence-electron chi connectivity index (χ0n) is 18.6. The van der Waals surface area contributed by atoms with Crippen LogP contribution in [0.25, 0.3) is 0 Å². The van der Waals surface area contributed by atoms with Gasteiger partial charge in [-0.15, -0.1) is 0 Å². The third kappa shape index (κ3) is 5.03. The summed E-state index contributed by atoms with van der Waals surface area (Å²) in [5.74, 6) is -0.801. The molecule has 2 fully saturated rings. The van der Waals surface area contributed by atoms with E-state index in [9.17, 15) is 14.7 Å². The van der Waals surface area contributed by atoms with Crippen LogP contribution in [0.2, 0.25) is 0 Å². The molecule has 170 valence electrons. The van der Waals surface area contributed by atoms with Crippen LogP contribution in [0.15, 0.2) is 60.7 Å². The van der Waals surface area contributed by atoms with Gasteiger partial charge in [0.15, 0.2) is 0 Å². The van der Waals surface area contributed by atoms with Gasteiger partial charge in [0.25, 0.3) is 0 Å². The zero-order valence-corrected chi connectivity index (χ0v) is 18.6. The molecule has 0 saturated carbocycles. The zero-order chi connectivity index (χ0) is 22.3. The van der Waals surface area contributed by atoms with Crippen LogP contribution in [0.4, 0.5) is 0 Å². The number of amides is 2. The molecule has 32 heavy (non-hydrogen) atoms. The topological polar surface area (TPSA) is 64.1 Å². The van der Waals surface area contributed by atoms with Gasteiger partial charge in [0, 0.05) is 45.4 Å². The number of piperazine rings is 1. The molecular weight excluding hydrogens is 402 g/mol. The van der Waals surface area contributed by atoms with Crippen LogP contribution in [0, 0.1) is 0 Å². The fraction of sp³-hybridized carbons (Fsp3) is 0.462. The highest BCUT2D eigenvalue weighted by molar-refractivity contribution is 6.35. The predicted molar refractivity (Wildman–Crippen MR) is 124 cm³/mol. The molecule has 1 unspecified atom stereocenters. The molecule has 2 aromatic carbocycles. The summed E-state index contributed by atoms with van der Waals surface area (Å²) < 4.78 is 0. The first-order valence-corrected chi connectivity index (χ1v) is 11.7. The summed E-state index contributed by atoms with van der Waals surface area (Å²) in [6.07, 6.45) is 3.37. The highest BCUT2D eigenvalue weighted by atomic mass is 16.3. The number of rotatable bonds is 5. The lowest BCUT2D eigenvalue weighted by molar-refractivity contribution is -0.155. The van der Waals surface area contributed by atoms with Gasteiger partial charge in [-0.25, -0.2) is 0 Å². The predicted octanol–water partition coefficient (Wildman–Crippen LogP) is 2.68. The van der Waals surface area contributed by atoms with Gasteiger partial charge >= 0.3 is 11.8 Å². The Balaban J connectivity index is 1.43. The molecule has 0 aromatic heterocycles. The highest BCUT2D eigenvalue weighted by Gasteiger charge is 2.35. The number of benzene rings is 2. The van der Waals surface area contributed by atoms with E-state index < -0.39 is 11.8 Å². The molecule has 0 radical (unpaired) electrons. The Hall–Kier alpha value is -2.70. The lowest BCUT2D eigenvalue weighted by Gasteiger charge is -2.41. The fourth-order valence-corrected chi connectivity index (χ4v) is 5.04. The van der Waals surface area contributed by atoms with E-state index in [1.807, 2.05) is 12.1 Å². The Morgan fingerprint density at radius 3 is 1.97 bits per heavy atom. The molecule has 0 spiro atoms. The monoisotopic (exact) mass is 435 g/mol. The van der Waals surface area contributed by atoms with Crippen LogP contribution in [0.5, 0.6) is 0 Å². The summed E-state index contributed by atoms with van der Waals surface area (Å²) in [5, 5.41) is 9.34. The SMILES string of the molecule is O=C(C(=O)N1CCCCC1CCO)N1CCN(C(c2ccccc2)c2ccccc2)CC1. The number of carbonyl (C=O) groups excluding carboxylic acids is 2. The molecule has 1 atom stereocenters. The maximum atomic E-state index is 13.0. The van der Waals surface area contributed by atoms with Crippen LogP contribution in [0.3, 0.4) is 0 Å². The molecular formula is C26H33N3O3. The molecule has 2 aromatic rings.